The van der Waals surface area contributed by atoms with Crippen LogP contribution in [0.1, 0.15) is 30.9 Å². The van der Waals surface area contributed by atoms with E-state index in [9.17, 15) is 5.11 Å². The molecule has 1 aromatic carbocycles. The Morgan fingerprint density at radius 2 is 2.21 bits per heavy atom. The van der Waals surface area contributed by atoms with Crippen molar-refractivity contribution in [2.24, 2.45) is 0 Å². The highest BCUT2D eigenvalue weighted by Crippen LogP contribution is 2.23. The van der Waals surface area contributed by atoms with Crippen molar-refractivity contribution in [1.29, 1.82) is 0 Å². The van der Waals surface area contributed by atoms with E-state index in [4.69, 9.17) is 0 Å². The quantitative estimate of drug-likeness (QED) is 0.705. The monoisotopic (exact) mass is 190 g/mol. The third-order valence-corrected chi connectivity index (χ3v) is 2.40. The lowest BCUT2D eigenvalue weighted by atomic mass is 9.99. The Morgan fingerprint density at radius 3 is 2.86 bits per heavy atom. The van der Waals surface area contributed by atoms with Crippen LogP contribution in [0.5, 0.6) is 5.75 Å². The fourth-order valence-electron chi connectivity index (χ4n) is 1.60. The van der Waals surface area contributed by atoms with Crippen LogP contribution in [-0.4, -0.2) is 5.11 Å². The molecule has 0 aliphatic rings. The van der Waals surface area contributed by atoms with Gasteiger partial charge in [0.15, 0.2) is 0 Å². The number of aryl methyl sites for hydroxylation is 1. The first-order valence-electron chi connectivity index (χ1n) is 5.20. The van der Waals surface area contributed by atoms with Crippen LogP contribution in [0.4, 0.5) is 0 Å². The number of phenolic OH excluding ortho intramolecular Hbond substituents is 1. The van der Waals surface area contributed by atoms with E-state index in [1.54, 1.807) is 6.07 Å². The van der Waals surface area contributed by atoms with Gasteiger partial charge in [-0.3, -0.25) is 0 Å². The Morgan fingerprint density at radius 1 is 1.43 bits per heavy atom. The Kier molecular flexibility index (Phi) is 4.24. The standard InChI is InChI=1S/C13H18O/c1-3-5-8-11-9-6-10-13(14)12(11)7-4-2/h4,6,9-10,14H,2-3,5,7-8H2,1H3. The minimum atomic E-state index is 0.401. The molecule has 0 aliphatic heterocycles. The van der Waals surface area contributed by atoms with Gasteiger partial charge in [0.05, 0.1) is 0 Å². The fraction of sp³-hybridized carbons (Fsp3) is 0.385. The minimum Gasteiger partial charge on any atom is -0.508 e. The van der Waals surface area contributed by atoms with Gasteiger partial charge in [0, 0.05) is 5.56 Å². The highest BCUT2D eigenvalue weighted by Gasteiger charge is 2.04. The summed E-state index contributed by atoms with van der Waals surface area (Å²) in [5.41, 5.74) is 2.29. The van der Waals surface area contributed by atoms with E-state index in [0.29, 0.717) is 5.75 Å². The number of benzene rings is 1. The van der Waals surface area contributed by atoms with Crippen LogP contribution < -0.4 is 0 Å². The number of aromatic hydroxyl groups is 1. The lowest BCUT2D eigenvalue weighted by molar-refractivity contribution is 0.468. The van der Waals surface area contributed by atoms with Gasteiger partial charge in [-0.05, 0) is 30.9 Å². The van der Waals surface area contributed by atoms with Gasteiger partial charge in [0.2, 0.25) is 0 Å². The molecule has 0 aromatic heterocycles. The van der Waals surface area contributed by atoms with Gasteiger partial charge in [-0.2, -0.15) is 0 Å². The number of phenols is 1. The maximum absolute atomic E-state index is 9.67. The molecular weight excluding hydrogens is 172 g/mol. The molecular formula is C13H18O. The molecule has 1 heteroatoms. The maximum Gasteiger partial charge on any atom is 0.119 e. The predicted octanol–water partition coefficient (Wildman–Crippen LogP) is 3.46. The van der Waals surface area contributed by atoms with Gasteiger partial charge < -0.3 is 5.11 Å². The van der Waals surface area contributed by atoms with Gasteiger partial charge in [-0.1, -0.05) is 31.6 Å². The van der Waals surface area contributed by atoms with Gasteiger partial charge in [0.25, 0.3) is 0 Å². The average molecular weight is 190 g/mol. The molecule has 0 spiro atoms. The minimum absolute atomic E-state index is 0.401. The van der Waals surface area contributed by atoms with Gasteiger partial charge in [-0.15, -0.1) is 6.58 Å². The molecule has 14 heavy (non-hydrogen) atoms. The van der Waals surface area contributed by atoms with Crippen molar-refractivity contribution in [1.82, 2.24) is 0 Å². The topological polar surface area (TPSA) is 20.2 Å². The number of rotatable bonds is 5. The molecule has 0 amide bonds. The Bertz CT molecular complexity index is 302. The van der Waals surface area contributed by atoms with Crippen molar-refractivity contribution in [3.8, 4) is 5.75 Å². The molecule has 0 unspecified atom stereocenters. The largest absolute Gasteiger partial charge is 0.508 e. The predicted molar refractivity (Wildman–Crippen MR) is 60.6 cm³/mol. The molecule has 0 atom stereocenters. The molecule has 76 valence electrons. The van der Waals surface area contributed by atoms with Crippen molar-refractivity contribution in [2.75, 3.05) is 0 Å². The molecule has 1 aromatic rings. The van der Waals surface area contributed by atoms with E-state index in [2.05, 4.69) is 19.6 Å². The Hall–Kier alpha value is -1.24. The molecule has 0 aliphatic carbocycles. The highest BCUT2D eigenvalue weighted by atomic mass is 16.3. The first kappa shape index (κ1) is 10.8. The zero-order valence-corrected chi connectivity index (χ0v) is 8.79. The summed E-state index contributed by atoms with van der Waals surface area (Å²) in [6.45, 7) is 5.88. The zero-order valence-electron chi connectivity index (χ0n) is 8.79. The average Bonchev–Trinajstić information content (AvgIpc) is 2.19. The third kappa shape index (κ3) is 2.63. The summed E-state index contributed by atoms with van der Waals surface area (Å²) in [6, 6.07) is 5.75. The van der Waals surface area contributed by atoms with Gasteiger partial charge >= 0.3 is 0 Å². The van der Waals surface area contributed by atoms with E-state index >= 15 is 0 Å². The van der Waals surface area contributed by atoms with Crippen molar-refractivity contribution >= 4 is 0 Å². The van der Waals surface area contributed by atoms with Gasteiger partial charge in [0.1, 0.15) is 5.75 Å². The van der Waals surface area contributed by atoms with E-state index in [1.165, 1.54) is 18.4 Å². The first-order valence-corrected chi connectivity index (χ1v) is 5.20. The van der Waals surface area contributed by atoms with E-state index < -0.39 is 0 Å². The lowest BCUT2D eigenvalue weighted by Gasteiger charge is -2.08. The maximum atomic E-state index is 9.67. The molecule has 0 fully saturated rings. The van der Waals surface area contributed by atoms with E-state index in [-0.39, 0.29) is 0 Å². The summed E-state index contributed by atoms with van der Waals surface area (Å²) in [5.74, 6) is 0.401. The molecule has 0 radical (unpaired) electrons. The van der Waals surface area contributed by atoms with Crippen molar-refractivity contribution < 1.29 is 5.11 Å². The van der Waals surface area contributed by atoms with Crippen LogP contribution >= 0.6 is 0 Å². The van der Waals surface area contributed by atoms with Crippen LogP contribution in [0.2, 0.25) is 0 Å². The van der Waals surface area contributed by atoms with Crippen molar-refractivity contribution in [3.05, 3.63) is 42.0 Å². The van der Waals surface area contributed by atoms with E-state index in [1.807, 2.05) is 12.1 Å². The summed E-state index contributed by atoms with van der Waals surface area (Å²) < 4.78 is 0. The van der Waals surface area contributed by atoms with Crippen molar-refractivity contribution in [2.45, 2.75) is 32.6 Å². The number of unbranched alkanes of at least 4 members (excludes halogenated alkanes) is 1. The van der Waals surface area contributed by atoms with Crippen LogP contribution in [0.3, 0.4) is 0 Å². The molecule has 0 bridgehead atoms. The second-order valence-corrected chi connectivity index (χ2v) is 3.51. The number of hydrogen-bond donors (Lipinski definition) is 1. The molecule has 1 rings (SSSR count). The third-order valence-electron chi connectivity index (χ3n) is 2.40. The Labute approximate surface area is 86.1 Å². The summed E-state index contributed by atoms with van der Waals surface area (Å²) >= 11 is 0. The van der Waals surface area contributed by atoms with Crippen LogP contribution in [0.15, 0.2) is 30.9 Å². The SMILES string of the molecule is C=CCc1c(O)cccc1CCCC. The normalized spacial score (nSPS) is 10.1. The number of allylic oxidation sites excluding steroid dienone is 1. The summed E-state index contributed by atoms with van der Waals surface area (Å²) in [4.78, 5) is 0. The van der Waals surface area contributed by atoms with Gasteiger partial charge in [-0.25, -0.2) is 0 Å². The van der Waals surface area contributed by atoms with E-state index in [0.717, 1.165) is 18.4 Å². The zero-order chi connectivity index (χ0) is 10.4. The molecule has 0 saturated carbocycles. The smallest absolute Gasteiger partial charge is 0.119 e. The Balaban J connectivity index is 2.89. The summed E-state index contributed by atoms with van der Waals surface area (Å²) in [5, 5.41) is 9.67. The number of hydrogen-bond acceptors (Lipinski definition) is 1. The molecule has 1 N–H and O–H groups in total. The second kappa shape index (κ2) is 5.48. The second-order valence-electron chi connectivity index (χ2n) is 3.51. The summed E-state index contributed by atoms with van der Waals surface area (Å²) in [6.07, 6.45) is 6.00. The molecule has 0 heterocycles. The fourth-order valence-corrected chi connectivity index (χ4v) is 1.60. The molecule has 0 saturated heterocycles. The highest BCUT2D eigenvalue weighted by molar-refractivity contribution is 5.40. The first-order chi connectivity index (χ1) is 6.79. The molecule has 1 nitrogen and oxygen atoms in total. The summed E-state index contributed by atoms with van der Waals surface area (Å²) in [7, 11) is 0. The lowest BCUT2D eigenvalue weighted by Crippen LogP contribution is -1.93. The van der Waals surface area contributed by atoms with Crippen LogP contribution in [0.25, 0.3) is 0 Å². The van der Waals surface area contributed by atoms with Crippen LogP contribution in [0, 0.1) is 0 Å². The van der Waals surface area contributed by atoms with Crippen molar-refractivity contribution in [3.63, 3.8) is 0 Å². The van der Waals surface area contributed by atoms with Crippen LogP contribution in [-0.2, 0) is 12.8 Å².